The maximum Gasteiger partial charge on any atom is 0.407 e. The molecule has 2 fully saturated rings. The number of carbonyl (C=O) groups excluding carboxylic acids is 3. The van der Waals surface area contributed by atoms with E-state index in [4.69, 9.17) is 4.74 Å². The highest BCUT2D eigenvalue weighted by Gasteiger charge is 2.52. The molecular formula is C33H47ClN4O4. The van der Waals surface area contributed by atoms with Crippen molar-refractivity contribution in [1.29, 1.82) is 0 Å². The summed E-state index contributed by atoms with van der Waals surface area (Å²) in [5, 5.41) is 5.85. The second-order valence-electron chi connectivity index (χ2n) is 11.3. The molecule has 2 aromatic carbocycles. The van der Waals surface area contributed by atoms with E-state index in [-0.39, 0.29) is 30.8 Å². The Hall–Kier alpha value is -3.10. The van der Waals surface area contributed by atoms with Crippen molar-refractivity contribution in [3.05, 3.63) is 71.8 Å². The predicted molar refractivity (Wildman–Crippen MR) is 167 cm³/mol. The van der Waals surface area contributed by atoms with E-state index in [0.717, 1.165) is 57.3 Å². The van der Waals surface area contributed by atoms with E-state index in [2.05, 4.69) is 52.8 Å². The van der Waals surface area contributed by atoms with Crippen molar-refractivity contribution < 1.29 is 19.1 Å². The molecule has 2 aromatic rings. The van der Waals surface area contributed by atoms with Gasteiger partial charge in [-0.3, -0.25) is 9.59 Å². The molecule has 9 heteroatoms. The lowest BCUT2D eigenvalue weighted by Gasteiger charge is -2.51. The number of hydrogen-bond donors (Lipinski definition) is 2. The lowest BCUT2D eigenvalue weighted by Crippen LogP contribution is -2.72. The van der Waals surface area contributed by atoms with E-state index in [9.17, 15) is 14.4 Å². The quantitative estimate of drug-likeness (QED) is 0.295. The highest BCUT2D eigenvalue weighted by Crippen LogP contribution is 2.34. The molecule has 0 aromatic heterocycles. The second-order valence-corrected chi connectivity index (χ2v) is 11.3. The summed E-state index contributed by atoms with van der Waals surface area (Å²) in [6.07, 6.45) is 7.12. The number of piperidine rings is 1. The van der Waals surface area contributed by atoms with E-state index < -0.39 is 17.7 Å². The molecule has 0 bridgehead atoms. The Morgan fingerprint density at radius 2 is 1.60 bits per heavy atom. The van der Waals surface area contributed by atoms with E-state index in [1.54, 1.807) is 0 Å². The molecule has 4 rings (SSSR count). The molecule has 2 heterocycles. The molecule has 0 radical (unpaired) electrons. The minimum absolute atomic E-state index is 0. The summed E-state index contributed by atoms with van der Waals surface area (Å²) in [7, 11) is 0. The predicted octanol–water partition coefficient (Wildman–Crippen LogP) is 5.10. The van der Waals surface area contributed by atoms with Gasteiger partial charge in [-0.05, 0) is 75.5 Å². The number of alkyl carbamates (subject to hydrolysis) is 1. The first kappa shape index (κ1) is 33.4. The molecule has 42 heavy (non-hydrogen) atoms. The highest BCUT2D eigenvalue weighted by atomic mass is 35.5. The number of ether oxygens (including phenoxy) is 1. The van der Waals surface area contributed by atoms with E-state index in [1.165, 1.54) is 5.56 Å². The fourth-order valence-corrected chi connectivity index (χ4v) is 6.01. The monoisotopic (exact) mass is 598 g/mol. The van der Waals surface area contributed by atoms with Crippen LogP contribution in [0, 0.1) is 0 Å². The fourth-order valence-electron chi connectivity index (χ4n) is 6.01. The molecule has 0 aliphatic carbocycles. The van der Waals surface area contributed by atoms with Gasteiger partial charge in [-0.25, -0.2) is 4.79 Å². The van der Waals surface area contributed by atoms with Crippen LogP contribution in [0.15, 0.2) is 60.7 Å². The lowest BCUT2D eigenvalue weighted by molar-refractivity contribution is -0.161. The van der Waals surface area contributed by atoms with Gasteiger partial charge in [0.25, 0.3) is 0 Å². The number of rotatable bonds is 14. The Morgan fingerprint density at radius 1 is 0.929 bits per heavy atom. The van der Waals surface area contributed by atoms with Gasteiger partial charge in [0.05, 0.1) is 0 Å². The Labute approximate surface area is 257 Å². The molecule has 0 saturated carbocycles. The van der Waals surface area contributed by atoms with Gasteiger partial charge in [0.2, 0.25) is 11.8 Å². The molecule has 230 valence electrons. The molecule has 1 atom stereocenters. The number of amides is 3. The summed E-state index contributed by atoms with van der Waals surface area (Å²) < 4.78 is 5.24. The summed E-state index contributed by atoms with van der Waals surface area (Å²) in [6, 6.07) is 19.6. The van der Waals surface area contributed by atoms with Gasteiger partial charge in [-0.2, -0.15) is 0 Å². The molecule has 2 aliphatic heterocycles. The number of halogens is 1. The van der Waals surface area contributed by atoms with Crippen molar-refractivity contribution in [3.8, 4) is 0 Å². The average Bonchev–Trinajstić information content (AvgIpc) is 3.00. The van der Waals surface area contributed by atoms with Crippen molar-refractivity contribution in [2.24, 2.45) is 0 Å². The number of benzene rings is 2. The van der Waals surface area contributed by atoms with Crippen LogP contribution in [0.25, 0.3) is 0 Å². The normalized spacial score (nSPS) is 18.3. The number of aryl methyl sites for hydroxylation is 1. The van der Waals surface area contributed by atoms with Gasteiger partial charge in [-0.1, -0.05) is 67.6 Å². The standard InChI is InChI=1S/C33H46N4O4.ClH/c1-2-22-37-30(38)29(18-9-11-21-34-32(40)41-26-28-16-7-4-8-17-28)35-31(39)33(37)19-24-36(25-20-33)23-12-10-15-27-13-5-3-6-14-27;/h3-8,13-14,16-17,29H,2,9-12,15,18-26H2,1H3,(H,34,40)(H,35,39);1H/t29-;/m1./s1. The Bertz CT molecular complexity index is 1110. The van der Waals surface area contributed by atoms with E-state index in [1.807, 2.05) is 35.2 Å². The molecular weight excluding hydrogens is 552 g/mol. The smallest absolute Gasteiger partial charge is 0.407 e. The van der Waals surface area contributed by atoms with Crippen LogP contribution >= 0.6 is 12.4 Å². The van der Waals surface area contributed by atoms with Crippen molar-refractivity contribution in [1.82, 2.24) is 20.4 Å². The summed E-state index contributed by atoms with van der Waals surface area (Å²) in [4.78, 5) is 43.4. The van der Waals surface area contributed by atoms with Crippen LogP contribution in [-0.2, 0) is 27.4 Å². The van der Waals surface area contributed by atoms with E-state index in [0.29, 0.717) is 38.8 Å². The molecule has 1 spiro atoms. The van der Waals surface area contributed by atoms with Crippen LogP contribution in [0.1, 0.15) is 69.4 Å². The van der Waals surface area contributed by atoms with Crippen molar-refractivity contribution in [3.63, 3.8) is 0 Å². The SMILES string of the molecule is CCCN1C(=O)[C@@H](CCCCNC(=O)OCc2ccccc2)NC(=O)C12CCN(CCCCc1ccccc1)CC2.Cl. The van der Waals surface area contributed by atoms with Crippen molar-refractivity contribution >= 4 is 30.3 Å². The van der Waals surface area contributed by atoms with Crippen LogP contribution < -0.4 is 10.6 Å². The maximum absolute atomic E-state index is 13.6. The second kappa shape index (κ2) is 17.1. The Kier molecular flexibility index (Phi) is 13.6. The topological polar surface area (TPSA) is 91.0 Å². The van der Waals surface area contributed by atoms with Gasteiger partial charge < -0.3 is 25.2 Å². The largest absolute Gasteiger partial charge is 0.445 e. The zero-order chi connectivity index (χ0) is 28.9. The van der Waals surface area contributed by atoms with Crippen LogP contribution in [0.4, 0.5) is 4.79 Å². The van der Waals surface area contributed by atoms with E-state index >= 15 is 0 Å². The summed E-state index contributed by atoms with van der Waals surface area (Å²) in [5.41, 5.74) is 1.59. The molecule has 3 amide bonds. The molecule has 8 nitrogen and oxygen atoms in total. The first-order valence-corrected chi connectivity index (χ1v) is 15.3. The molecule has 2 saturated heterocycles. The number of unbranched alkanes of at least 4 members (excludes halogenated alkanes) is 2. The third-order valence-electron chi connectivity index (χ3n) is 8.37. The number of hydrogen-bond acceptors (Lipinski definition) is 5. The summed E-state index contributed by atoms with van der Waals surface area (Å²) >= 11 is 0. The van der Waals surface area contributed by atoms with Crippen molar-refractivity contribution in [2.75, 3.05) is 32.7 Å². The lowest BCUT2D eigenvalue weighted by atomic mass is 9.81. The van der Waals surface area contributed by atoms with Crippen LogP contribution in [-0.4, -0.2) is 72.0 Å². The van der Waals surface area contributed by atoms with Gasteiger partial charge in [0.1, 0.15) is 18.2 Å². The third-order valence-corrected chi connectivity index (χ3v) is 8.37. The average molecular weight is 599 g/mol. The van der Waals surface area contributed by atoms with Gasteiger partial charge in [0.15, 0.2) is 0 Å². The number of likely N-dealkylation sites (tertiary alicyclic amines) is 1. The number of carbonyl (C=O) groups is 3. The van der Waals surface area contributed by atoms with Gasteiger partial charge in [-0.15, -0.1) is 12.4 Å². The summed E-state index contributed by atoms with van der Waals surface area (Å²) in [5.74, 6) is 0.0416. The molecule has 2 N–H and O–H groups in total. The number of nitrogens with zero attached hydrogens (tertiary/aromatic N) is 2. The fraction of sp³-hybridized carbons (Fsp3) is 0.545. The Morgan fingerprint density at radius 3 is 2.26 bits per heavy atom. The van der Waals surface area contributed by atoms with Gasteiger partial charge >= 0.3 is 6.09 Å². The molecule has 0 unspecified atom stereocenters. The van der Waals surface area contributed by atoms with Crippen molar-refractivity contribution in [2.45, 2.75) is 82.9 Å². The van der Waals surface area contributed by atoms with Crippen LogP contribution in [0.5, 0.6) is 0 Å². The Balaban J connectivity index is 0.00000484. The first-order valence-electron chi connectivity index (χ1n) is 15.3. The van der Waals surface area contributed by atoms with Gasteiger partial charge in [0, 0.05) is 26.2 Å². The minimum atomic E-state index is -0.728. The highest BCUT2D eigenvalue weighted by molar-refractivity contribution is 6.00. The summed E-state index contributed by atoms with van der Waals surface area (Å²) in [6.45, 7) is 6.07. The number of nitrogens with one attached hydrogen (secondary N) is 2. The van der Waals surface area contributed by atoms with Crippen LogP contribution in [0.3, 0.4) is 0 Å². The third kappa shape index (κ3) is 9.20. The molecule has 2 aliphatic rings. The minimum Gasteiger partial charge on any atom is -0.445 e. The zero-order valence-corrected chi connectivity index (χ0v) is 25.7. The first-order chi connectivity index (χ1) is 20.0. The maximum atomic E-state index is 13.6. The van der Waals surface area contributed by atoms with Crippen LogP contribution in [0.2, 0.25) is 0 Å². The number of piperazine rings is 1. The zero-order valence-electron chi connectivity index (χ0n) is 24.9.